The highest BCUT2D eigenvalue weighted by Gasteiger charge is 2.28. The summed E-state index contributed by atoms with van der Waals surface area (Å²) < 4.78 is 0. The number of carbonyl (C=O) groups excluding carboxylic acids is 2. The molecule has 4 nitrogen and oxygen atoms in total. The zero-order valence-electron chi connectivity index (χ0n) is 6.90. The van der Waals surface area contributed by atoms with Crippen molar-refractivity contribution in [1.82, 2.24) is 5.32 Å². The molecule has 1 aliphatic rings. The van der Waals surface area contributed by atoms with Gasteiger partial charge in [0.05, 0.1) is 22.8 Å². The number of amides is 2. The maximum atomic E-state index is 11.2. The van der Waals surface area contributed by atoms with Crippen LogP contribution in [0.4, 0.5) is 0 Å². The van der Waals surface area contributed by atoms with Crippen molar-refractivity contribution in [3.8, 4) is 6.07 Å². The van der Waals surface area contributed by atoms with Gasteiger partial charge >= 0.3 is 0 Å². The molecule has 2 radical (unpaired) electrons. The van der Waals surface area contributed by atoms with E-state index < -0.39 is 11.8 Å². The number of rotatable bonds is 0. The first kappa shape index (κ1) is 10.3. The SMILES string of the molecule is N#Cc1cccc2c1C(=O)NC2=O.[S]. The third kappa shape index (κ3) is 1.26. The van der Waals surface area contributed by atoms with Gasteiger partial charge in [0, 0.05) is 13.5 Å². The molecule has 0 spiro atoms. The number of nitrogens with zero attached hydrogens (tertiary/aromatic N) is 1. The Morgan fingerprint density at radius 3 is 2.57 bits per heavy atom. The van der Waals surface area contributed by atoms with Gasteiger partial charge in [0.25, 0.3) is 11.8 Å². The molecular weight excluding hydrogens is 200 g/mol. The second-order valence-electron chi connectivity index (χ2n) is 2.62. The quantitative estimate of drug-likeness (QED) is 0.643. The van der Waals surface area contributed by atoms with Crippen molar-refractivity contribution >= 4 is 25.3 Å². The van der Waals surface area contributed by atoms with E-state index in [2.05, 4.69) is 5.32 Å². The Bertz CT molecular complexity index is 462. The van der Waals surface area contributed by atoms with Gasteiger partial charge in [-0.25, -0.2) is 0 Å². The number of benzene rings is 1. The molecule has 0 saturated carbocycles. The standard InChI is InChI=1S/C9H4N2O2.S/c10-4-5-2-1-3-6-7(5)9(13)11-8(6)12;/h1-3H,(H,11,12,13);. The smallest absolute Gasteiger partial charge is 0.260 e. The summed E-state index contributed by atoms with van der Waals surface area (Å²) in [6, 6.07) is 6.48. The van der Waals surface area contributed by atoms with Crippen molar-refractivity contribution in [2.75, 3.05) is 0 Å². The summed E-state index contributed by atoms with van der Waals surface area (Å²) in [6.07, 6.45) is 0. The van der Waals surface area contributed by atoms with Crippen molar-refractivity contribution in [1.29, 1.82) is 5.26 Å². The Morgan fingerprint density at radius 1 is 1.21 bits per heavy atom. The van der Waals surface area contributed by atoms with E-state index in [4.69, 9.17) is 5.26 Å². The molecule has 1 N–H and O–H groups in total. The Labute approximate surface area is 87.0 Å². The molecule has 1 heterocycles. The van der Waals surface area contributed by atoms with Crippen molar-refractivity contribution in [2.45, 2.75) is 0 Å². The van der Waals surface area contributed by atoms with Crippen LogP contribution in [0.1, 0.15) is 26.3 Å². The fourth-order valence-electron chi connectivity index (χ4n) is 1.31. The molecule has 14 heavy (non-hydrogen) atoms. The Kier molecular flexibility index (Phi) is 2.58. The number of hydrogen-bond acceptors (Lipinski definition) is 3. The lowest BCUT2D eigenvalue weighted by Gasteiger charge is -1.94. The lowest BCUT2D eigenvalue weighted by Crippen LogP contribution is -2.20. The minimum absolute atomic E-state index is 0. The molecule has 0 bridgehead atoms. The first-order chi connectivity index (χ1) is 6.24. The minimum Gasteiger partial charge on any atom is -0.288 e. The molecule has 0 unspecified atom stereocenters. The van der Waals surface area contributed by atoms with E-state index in [0.717, 1.165) is 0 Å². The summed E-state index contributed by atoms with van der Waals surface area (Å²) in [7, 11) is 0. The van der Waals surface area contributed by atoms with Crippen LogP contribution < -0.4 is 5.32 Å². The predicted octanol–water partition coefficient (Wildman–Crippen LogP) is 1.09. The molecule has 0 saturated heterocycles. The lowest BCUT2D eigenvalue weighted by atomic mass is 10.0. The topological polar surface area (TPSA) is 70.0 Å². The number of imide groups is 1. The number of nitrogens with one attached hydrogen (secondary N) is 1. The largest absolute Gasteiger partial charge is 0.288 e. The summed E-state index contributed by atoms with van der Waals surface area (Å²) in [5.41, 5.74) is 0.708. The summed E-state index contributed by atoms with van der Waals surface area (Å²) in [4.78, 5) is 22.3. The van der Waals surface area contributed by atoms with Crippen molar-refractivity contribution in [2.24, 2.45) is 0 Å². The first-order valence-corrected chi connectivity index (χ1v) is 3.63. The van der Waals surface area contributed by atoms with Crippen molar-refractivity contribution < 1.29 is 9.59 Å². The number of hydrogen-bond donors (Lipinski definition) is 1. The van der Waals surface area contributed by atoms with E-state index in [-0.39, 0.29) is 30.2 Å². The van der Waals surface area contributed by atoms with Crippen LogP contribution in [0.2, 0.25) is 0 Å². The summed E-state index contributed by atoms with van der Waals surface area (Å²) >= 11 is 0. The van der Waals surface area contributed by atoms with Gasteiger partial charge < -0.3 is 0 Å². The third-order valence-corrected chi connectivity index (χ3v) is 1.88. The highest BCUT2D eigenvalue weighted by atomic mass is 32.1. The summed E-state index contributed by atoms with van der Waals surface area (Å²) in [5, 5.41) is 10.8. The number of fused-ring (bicyclic) bond motifs is 1. The van der Waals surface area contributed by atoms with Gasteiger partial charge in [-0.2, -0.15) is 5.26 Å². The molecule has 0 aliphatic carbocycles. The van der Waals surface area contributed by atoms with Crippen molar-refractivity contribution in [3.05, 3.63) is 34.9 Å². The molecule has 0 fully saturated rings. The normalized spacial score (nSPS) is 12.5. The van der Waals surface area contributed by atoms with Crippen LogP contribution in [0.15, 0.2) is 18.2 Å². The van der Waals surface area contributed by atoms with Crippen LogP contribution in [0.5, 0.6) is 0 Å². The Morgan fingerprint density at radius 2 is 1.93 bits per heavy atom. The van der Waals surface area contributed by atoms with Gasteiger partial charge in [0.1, 0.15) is 0 Å². The maximum absolute atomic E-state index is 11.2. The van der Waals surface area contributed by atoms with Gasteiger partial charge in [-0.05, 0) is 12.1 Å². The van der Waals surface area contributed by atoms with E-state index in [9.17, 15) is 9.59 Å². The van der Waals surface area contributed by atoms with Crippen LogP contribution >= 0.6 is 13.5 Å². The van der Waals surface area contributed by atoms with Crippen LogP contribution in [0, 0.1) is 11.3 Å². The monoisotopic (exact) mass is 204 g/mol. The highest BCUT2D eigenvalue weighted by Crippen LogP contribution is 2.18. The zero-order valence-corrected chi connectivity index (χ0v) is 7.72. The molecule has 1 aliphatic heterocycles. The fraction of sp³-hybridized carbons (Fsp3) is 0. The van der Waals surface area contributed by atoms with Crippen molar-refractivity contribution in [3.63, 3.8) is 0 Å². The number of carbonyl (C=O) groups is 2. The second kappa shape index (κ2) is 3.52. The molecule has 0 atom stereocenters. The molecule has 1 aromatic rings. The Balaban J connectivity index is 0.000000980. The molecule has 1 aromatic carbocycles. The van der Waals surface area contributed by atoms with E-state index in [1.165, 1.54) is 12.1 Å². The fourth-order valence-corrected chi connectivity index (χ4v) is 1.31. The molecule has 2 amide bonds. The molecule has 5 heteroatoms. The predicted molar refractivity (Wildman–Crippen MR) is 50.5 cm³/mol. The number of nitriles is 1. The molecule has 68 valence electrons. The molecule has 0 aromatic heterocycles. The van der Waals surface area contributed by atoms with E-state index in [1.807, 2.05) is 6.07 Å². The molecule has 2 rings (SSSR count). The van der Waals surface area contributed by atoms with Crippen LogP contribution in [0.3, 0.4) is 0 Å². The van der Waals surface area contributed by atoms with E-state index in [0.29, 0.717) is 0 Å². The minimum atomic E-state index is -0.489. The van der Waals surface area contributed by atoms with Crippen LogP contribution in [-0.2, 0) is 0 Å². The van der Waals surface area contributed by atoms with Gasteiger partial charge in [-0.15, -0.1) is 0 Å². The zero-order chi connectivity index (χ0) is 9.42. The van der Waals surface area contributed by atoms with Crippen LogP contribution in [0.25, 0.3) is 0 Å². The molecular formula is C9H4N2O2S. The van der Waals surface area contributed by atoms with Gasteiger partial charge in [0.2, 0.25) is 0 Å². The van der Waals surface area contributed by atoms with Gasteiger partial charge in [0.15, 0.2) is 0 Å². The van der Waals surface area contributed by atoms with E-state index in [1.54, 1.807) is 6.07 Å². The average Bonchev–Trinajstić information content (AvgIpc) is 2.43. The third-order valence-electron chi connectivity index (χ3n) is 1.88. The second-order valence-corrected chi connectivity index (χ2v) is 2.62. The highest BCUT2D eigenvalue weighted by molar-refractivity contribution is 7.59. The Hall–Kier alpha value is -1.80. The summed E-state index contributed by atoms with van der Waals surface area (Å²) in [5.74, 6) is -0.922. The average molecular weight is 204 g/mol. The van der Waals surface area contributed by atoms with Gasteiger partial charge in [-0.3, -0.25) is 14.9 Å². The van der Waals surface area contributed by atoms with Crippen LogP contribution in [-0.4, -0.2) is 11.8 Å². The lowest BCUT2D eigenvalue weighted by molar-refractivity contribution is 0.0879. The first-order valence-electron chi connectivity index (χ1n) is 3.63. The summed E-state index contributed by atoms with van der Waals surface area (Å²) in [6.45, 7) is 0. The van der Waals surface area contributed by atoms with Gasteiger partial charge in [-0.1, -0.05) is 6.07 Å². The maximum Gasteiger partial charge on any atom is 0.260 e. The van der Waals surface area contributed by atoms with E-state index >= 15 is 0 Å².